The summed E-state index contributed by atoms with van der Waals surface area (Å²) in [7, 11) is 0. The quantitative estimate of drug-likeness (QED) is 0.823. The van der Waals surface area contributed by atoms with Gasteiger partial charge in [0, 0.05) is 36.4 Å². The number of amides is 1. The van der Waals surface area contributed by atoms with E-state index >= 15 is 0 Å². The predicted octanol–water partition coefficient (Wildman–Crippen LogP) is 1.03. The van der Waals surface area contributed by atoms with Gasteiger partial charge in [-0.25, -0.2) is 0 Å². The first-order valence-corrected chi connectivity index (χ1v) is 6.53. The van der Waals surface area contributed by atoms with E-state index in [1.807, 2.05) is 19.1 Å². The summed E-state index contributed by atoms with van der Waals surface area (Å²) in [5.74, 6) is 5.39. The summed E-state index contributed by atoms with van der Waals surface area (Å²) in [6.45, 7) is 2.61. The highest BCUT2D eigenvalue weighted by atomic mass is 16.1. The molecule has 0 spiro atoms. The molecule has 0 aliphatic rings. The van der Waals surface area contributed by atoms with Crippen molar-refractivity contribution in [1.82, 2.24) is 15.3 Å². The Labute approximate surface area is 123 Å². The maximum absolute atomic E-state index is 12.1. The van der Waals surface area contributed by atoms with Crippen molar-refractivity contribution in [3.63, 3.8) is 0 Å². The molecule has 0 aliphatic carbocycles. The minimum absolute atomic E-state index is 0.195. The minimum Gasteiger partial charge on any atom is -0.348 e. The Balaban J connectivity index is 2.01. The van der Waals surface area contributed by atoms with Crippen LogP contribution in [0.2, 0.25) is 0 Å². The Hall–Kier alpha value is -2.71. The van der Waals surface area contributed by atoms with Crippen LogP contribution in [0.3, 0.4) is 0 Å². The molecular formula is C16H16N4O. The number of carbonyl (C=O) groups is 1. The summed E-state index contributed by atoms with van der Waals surface area (Å²) in [6.07, 6.45) is 4.86. The molecule has 0 unspecified atom stereocenters. The second-order valence-corrected chi connectivity index (χ2v) is 4.46. The van der Waals surface area contributed by atoms with Crippen molar-refractivity contribution in [1.29, 1.82) is 0 Å². The van der Waals surface area contributed by atoms with Crippen LogP contribution in [0.25, 0.3) is 0 Å². The van der Waals surface area contributed by atoms with Crippen molar-refractivity contribution < 1.29 is 4.79 Å². The largest absolute Gasteiger partial charge is 0.348 e. The highest BCUT2D eigenvalue weighted by Crippen LogP contribution is 2.03. The molecule has 5 nitrogen and oxygen atoms in total. The fraction of sp³-hybridized carbons (Fsp3) is 0.188. The van der Waals surface area contributed by atoms with Crippen LogP contribution < -0.4 is 11.1 Å². The first-order chi connectivity index (χ1) is 10.2. The predicted molar refractivity (Wildman–Crippen MR) is 80.3 cm³/mol. The summed E-state index contributed by atoms with van der Waals surface area (Å²) < 4.78 is 0. The van der Waals surface area contributed by atoms with Gasteiger partial charge in [-0.05, 0) is 24.6 Å². The SMILES string of the molecule is Cc1ccc(CNC(=O)c2cncc(C#CCN)c2)cn1. The third-order valence-electron chi connectivity index (χ3n) is 2.76. The Morgan fingerprint density at radius 2 is 2.19 bits per heavy atom. The van der Waals surface area contributed by atoms with Gasteiger partial charge in [0.1, 0.15) is 0 Å². The van der Waals surface area contributed by atoms with Crippen molar-refractivity contribution in [2.75, 3.05) is 6.54 Å². The Morgan fingerprint density at radius 3 is 2.90 bits per heavy atom. The van der Waals surface area contributed by atoms with Crippen molar-refractivity contribution >= 4 is 5.91 Å². The van der Waals surface area contributed by atoms with Crippen molar-refractivity contribution in [3.8, 4) is 11.8 Å². The number of hydrogen-bond acceptors (Lipinski definition) is 4. The summed E-state index contributed by atoms with van der Waals surface area (Å²) >= 11 is 0. The van der Waals surface area contributed by atoms with E-state index in [1.54, 1.807) is 18.5 Å². The number of nitrogens with one attached hydrogen (secondary N) is 1. The summed E-state index contributed by atoms with van der Waals surface area (Å²) in [5, 5.41) is 2.83. The highest BCUT2D eigenvalue weighted by molar-refractivity contribution is 5.94. The number of rotatable bonds is 3. The zero-order chi connectivity index (χ0) is 15.1. The highest BCUT2D eigenvalue weighted by Gasteiger charge is 2.06. The van der Waals surface area contributed by atoms with Gasteiger partial charge in [0.15, 0.2) is 0 Å². The Bertz CT molecular complexity index is 683. The topological polar surface area (TPSA) is 80.9 Å². The van der Waals surface area contributed by atoms with E-state index in [0.717, 1.165) is 11.3 Å². The molecule has 3 N–H and O–H groups in total. The second-order valence-electron chi connectivity index (χ2n) is 4.46. The molecular weight excluding hydrogens is 264 g/mol. The number of nitrogens with two attached hydrogens (primary N) is 1. The number of hydrogen-bond donors (Lipinski definition) is 2. The molecule has 0 atom stereocenters. The number of carbonyl (C=O) groups excluding carboxylic acids is 1. The maximum Gasteiger partial charge on any atom is 0.253 e. The molecule has 1 amide bonds. The van der Waals surface area contributed by atoms with E-state index in [-0.39, 0.29) is 12.5 Å². The number of aryl methyl sites for hydroxylation is 1. The molecule has 0 saturated carbocycles. The standard InChI is InChI=1S/C16H16N4O/c1-12-4-5-14(9-19-12)10-20-16(21)15-7-13(3-2-6-17)8-18-11-15/h4-5,7-9,11H,6,10,17H2,1H3,(H,20,21). The average Bonchev–Trinajstić information content (AvgIpc) is 2.52. The molecule has 2 aromatic heterocycles. The summed E-state index contributed by atoms with van der Waals surface area (Å²) in [5.41, 5.74) is 8.35. The molecule has 0 bridgehead atoms. The lowest BCUT2D eigenvalue weighted by Crippen LogP contribution is -2.23. The molecule has 2 heterocycles. The molecule has 2 aromatic rings. The number of aromatic nitrogens is 2. The van der Waals surface area contributed by atoms with Crippen LogP contribution in [0, 0.1) is 18.8 Å². The van der Waals surface area contributed by atoms with E-state index in [9.17, 15) is 4.79 Å². The third kappa shape index (κ3) is 4.41. The van der Waals surface area contributed by atoms with Crippen LogP contribution >= 0.6 is 0 Å². The van der Waals surface area contributed by atoms with Crippen molar-refractivity contribution in [3.05, 3.63) is 59.2 Å². The molecule has 0 fully saturated rings. The van der Waals surface area contributed by atoms with Crippen LogP contribution in [0.4, 0.5) is 0 Å². The minimum atomic E-state index is -0.195. The second kappa shape index (κ2) is 7.17. The van der Waals surface area contributed by atoms with Gasteiger partial charge in [-0.15, -0.1) is 0 Å². The summed E-state index contributed by atoms with van der Waals surface area (Å²) in [4.78, 5) is 20.3. The van der Waals surface area contributed by atoms with E-state index in [2.05, 4.69) is 27.1 Å². The van der Waals surface area contributed by atoms with E-state index < -0.39 is 0 Å². The van der Waals surface area contributed by atoms with Crippen LogP contribution in [0.5, 0.6) is 0 Å². The maximum atomic E-state index is 12.1. The lowest BCUT2D eigenvalue weighted by Gasteiger charge is -2.05. The van der Waals surface area contributed by atoms with Gasteiger partial charge >= 0.3 is 0 Å². The number of nitrogens with zero attached hydrogens (tertiary/aromatic N) is 2. The first-order valence-electron chi connectivity index (χ1n) is 6.53. The Kier molecular flexibility index (Phi) is 5.02. The summed E-state index contributed by atoms with van der Waals surface area (Å²) in [6, 6.07) is 5.54. The van der Waals surface area contributed by atoms with Gasteiger partial charge in [-0.3, -0.25) is 14.8 Å². The molecule has 106 valence electrons. The normalized spacial score (nSPS) is 9.62. The van der Waals surface area contributed by atoms with Gasteiger partial charge in [0.25, 0.3) is 5.91 Å². The van der Waals surface area contributed by atoms with Crippen molar-refractivity contribution in [2.45, 2.75) is 13.5 Å². The number of pyridine rings is 2. The molecule has 0 aliphatic heterocycles. The van der Waals surface area contributed by atoms with E-state index in [0.29, 0.717) is 17.7 Å². The monoisotopic (exact) mass is 280 g/mol. The fourth-order valence-electron chi connectivity index (χ4n) is 1.67. The molecule has 2 rings (SSSR count). The lowest BCUT2D eigenvalue weighted by atomic mass is 10.2. The van der Waals surface area contributed by atoms with Gasteiger partial charge in [-0.1, -0.05) is 17.9 Å². The van der Waals surface area contributed by atoms with Crippen LogP contribution in [-0.2, 0) is 6.54 Å². The van der Waals surface area contributed by atoms with Gasteiger partial charge in [0.05, 0.1) is 12.1 Å². The first kappa shape index (κ1) is 14.7. The van der Waals surface area contributed by atoms with Crippen molar-refractivity contribution in [2.24, 2.45) is 5.73 Å². The van der Waals surface area contributed by atoms with Crippen LogP contribution in [0.15, 0.2) is 36.8 Å². The van der Waals surface area contributed by atoms with Gasteiger partial charge in [-0.2, -0.15) is 0 Å². The average molecular weight is 280 g/mol. The zero-order valence-corrected chi connectivity index (χ0v) is 11.8. The van der Waals surface area contributed by atoms with Gasteiger partial charge < -0.3 is 11.1 Å². The molecule has 21 heavy (non-hydrogen) atoms. The fourth-order valence-corrected chi connectivity index (χ4v) is 1.67. The third-order valence-corrected chi connectivity index (χ3v) is 2.76. The van der Waals surface area contributed by atoms with Gasteiger partial charge in [0.2, 0.25) is 0 Å². The smallest absolute Gasteiger partial charge is 0.253 e. The molecule has 0 saturated heterocycles. The van der Waals surface area contributed by atoms with E-state index in [1.165, 1.54) is 6.20 Å². The lowest BCUT2D eigenvalue weighted by molar-refractivity contribution is 0.0950. The molecule has 0 radical (unpaired) electrons. The van der Waals surface area contributed by atoms with E-state index in [4.69, 9.17) is 5.73 Å². The zero-order valence-electron chi connectivity index (χ0n) is 11.8. The Morgan fingerprint density at radius 1 is 1.33 bits per heavy atom. The molecule has 0 aromatic carbocycles. The molecule has 5 heteroatoms. The van der Waals surface area contributed by atoms with Crippen LogP contribution in [-0.4, -0.2) is 22.4 Å². The van der Waals surface area contributed by atoms with Crippen LogP contribution in [0.1, 0.15) is 27.2 Å².